The summed E-state index contributed by atoms with van der Waals surface area (Å²) in [5.74, 6) is 0.781. The molecule has 0 radical (unpaired) electrons. The van der Waals surface area contributed by atoms with Gasteiger partial charge in [0, 0.05) is 24.5 Å². The van der Waals surface area contributed by atoms with Crippen molar-refractivity contribution in [1.82, 2.24) is 15.3 Å². The Morgan fingerprint density at radius 1 is 0.950 bits per heavy atom. The van der Waals surface area contributed by atoms with Gasteiger partial charge < -0.3 is 5.32 Å². The van der Waals surface area contributed by atoms with Crippen LogP contribution in [-0.4, -0.2) is 23.1 Å². The standard InChI is InChI=1S/C15H15N3.C2H6/c1-8-17-15(18-9-1)14-4-2-12(3-5-14)13-6-10-16-11-7-13;1-2/h1-6,8-9,16H,7,10-11H2;1-2H3. The van der Waals surface area contributed by atoms with E-state index in [0.29, 0.717) is 0 Å². The molecular formula is C17H21N3. The van der Waals surface area contributed by atoms with E-state index in [-0.39, 0.29) is 0 Å². The zero-order chi connectivity index (χ0) is 14.2. The Labute approximate surface area is 120 Å². The van der Waals surface area contributed by atoms with Crippen molar-refractivity contribution in [3.05, 3.63) is 54.4 Å². The fourth-order valence-electron chi connectivity index (χ4n) is 2.17. The van der Waals surface area contributed by atoms with E-state index in [9.17, 15) is 0 Å². The lowest BCUT2D eigenvalue weighted by Crippen LogP contribution is -2.19. The molecule has 2 aromatic rings. The predicted octanol–water partition coefficient (Wildman–Crippen LogP) is 3.55. The summed E-state index contributed by atoms with van der Waals surface area (Å²) in [5.41, 5.74) is 3.79. The Morgan fingerprint density at radius 3 is 2.20 bits per heavy atom. The normalized spacial score (nSPS) is 14.0. The summed E-state index contributed by atoms with van der Waals surface area (Å²) in [6, 6.07) is 10.3. The maximum atomic E-state index is 4.26. The Morgan fingerprint density at radius 2 is 1.60 bits per heavy atom. The molecule has 1 aliphatic heterocycles. The van der Waals surface area contributed by atoms with Crippen molar-refractivity contribution < 1.29 is 0 Å². The van der Waals surface area contributed by atoms with Crippen LogP contribution in [0.15, 0.2) is 48.8 Å². The first kappa shape index (κ1) is 14.4. The SMILES string of the molecule is C1=C(c2ccc(-c3ncccn3)cc2)CCNC1.CC. The molecule has 0 saturated carbocycles. The van der Waals surface area contributed by atoms with Crippen LogP contribution in [0, 0.1) is 0 Å². The van der Waals surface area contributed by atoms with Crippen molar-refractivity contribution in [3.8, 4) is 11.4 Å². The predicted molar refractivity (Wildman–Crippen MR) is 84.3 cm³/mol. The number of benzene rings is 1. The molecule has 3 heteroatoms. The second-order valence-electron chi connectivity index (χ2n) is 4.33. The van der Waals surface area contributed by atoms with Gasteiger partial charge in [-0.25, -0.2) is 9.97 Å². The molecule has 2 heterocycles. The molecule has 0 bridgehead atoms. The Bertz CT molecular complexity index is 544. The molecule has 0 atom stereocenters. The maximum absolute atomic E-state index is 4.26. The number of hydrogen-bond acceptors (Lipinski definition) is 3. The first-order valence-corrected chi connectivity index (χ1v) is 7.21. The second-order valence-corrected chi connectivity index (χ2v) is 4.33. The van der Waals surface area contributed by atoms with Gasteiger partial charge >= 0.3 is 0 Å². The van der Waals surface area contributed by atoms with Gasteiger partial charge in [0.2, 0.25) is 0 Å². The lowest BCUT2D eigenvalue weighted by Gasteiger charge is -2.14. The Kier molecular flexibility index (Phi) is 5.44. The highest BCUT2D eigenvalue weighted by Gasteiger charge is 2.06. The van der Waals surface area contributed by atoms with Gasteiger partial charge in [-0.3, -0.25) is 0 Å². The summed E-state index contributed by atoms with van der Waals surface area (Å²) in [4.78, 5) is 8.51. The lowest BCUT2D eigenvalue weighted by atomic mass is 9.99. The zero-order valence-corrected chi connectivity index (χ0v) is 12.1. The van der Waals surface area contributed by atoms with Crippen molar-refractivity contribution >= 4 is 5.57 Å². The Hall–Kier alpha value is -2.00. The molecule has 3 nitrogen and oxygen atoms in total. The van der Waals surface area contributed by atoms with Gasteiger partial charge in [0.15, 0.2) is 5.82 Å². The molecule has 20 heavy (non-hydrogen) atoms. The summed E-state index contributed by atoms with van der Waals surface area (Å²) < 4.78 is 0. The van der Waals surface area contributed by atoms with Crippen molar-refractivity contribution in [2.24, 2.45) is 0 Å². The van der Waals surface area contributed by atoms with Crippen LogP contribution in [0.2, 0.25) is 0 Å². The van der Waals surface area contributed by atoms with E-state index >= 15 is 0 Å². The van der Waals surface area contributed by atoms with E-state index < -0.39 is 0 Å². The Balaban J connectivity index is 0.000000704. The molecule has 0 saturated heterocycles. The third-order valence-electron chi connectivity index (χ3n) is 3.14. The lowest BCUT2D eigenvalue weighted by molar-refractivity contribution is 0.738. The van der Waals surface area contributed by atoms with E-state index in [1.165, 1.54) is 11.1 Å². The molecule has 3 rings (SSSR count). The van der Waals surface area contributed by atoms with Crippen molar-refractivity contribution in [2.45, 2.75) is 20.3 Å². The number of rotatable bonds is 2. The summed E-state index contributed by atoms with van der Waals surface area (Å²) in [7, 11) is 0. The highest BCUT2D eigenvalue weighted by atomic mass is 14.9. The molecular weight excluding hydrogens is 246 g/mol. The van der Waals surface area contributed by atoms with Gasteiger partial charge in [-0.2, -0.15) is 0 Å². The molecule has 1 aromatic carbocycles. The van der Waals surface area contributed by atoms with Crippen molar-refractivity contribution in [2.75, 3.05) is 13.1 Å². The first-order chi connectivity index (χ1) is 9.93. The van der Waals surface area contributed by atoms with Gasteiger partial charge in [-0.05, 0) is 30.2 Å². The third kappa shape index (κ3) is 3.52. The quantitative estimate of drug-likeness (QED) is 0.904. The molecule has 0 amide bonds. The minimum atomic E-state index is 0.781. The molecule has 1 aliphatic rings. The monoisotopic (exact) mass is 267 g/mol. The summed E-state index contributed by atoms with van der Waals surface area (Å²) >= 11 is 0. The average Bonchev–Trinajstić information content (AvgIpc) is 2.58. The van der Waals surface area contributed by atoms with Gasteiger partial charge in [-0.15, -0.1) is 0 Å². The van der Waals surface area contributed by atoms with Crippen LogP contribution in [0.3, 0.4) is 0 Å². The van der Waals surface area contributed by atoms with Gasteiger partial charge in [-0.1, -0.05) is 44.2 Å². The van der Waals surface area contributed by atoms with Crippen LogP contribution in [0.25, 0.3) is 17.0 Å². The summed E-state index contributed by atoms with van der Waals surface area (Å²) in [6.45, 7) is 6.04. The van der Waals surface area contributed by atoms with Crippen LogP contribution < -0.4 is 5.32 Å². The topological polar surface area (TPSA) is 37.8 Å². The van der Waals surface area contributed by atoms with E-state index in [2.05, 4.69) is 45.6 Å². The fourth-order valence-corrected chi connectivity index (χ4v) is 2.17. The zero-order valence-electron chi connectivity index (χ0n) is 12.1. The first-order valence-electron chi connectivity index (χ1n) is 7.21. The summed E-state index contributed by atoms with van der Waals surface area (Å²) in [5, 5.41) is 3.33. The maximum Gasteiger partial charge on any atom is 0.159 e. The molecule has 0 aliphatic carbocycles. The molecule has 0 fully saturated rings. The smallest absolute Gasteiger partial charge is 0.159 e. The molecule has 0 unspecified atom stereocenters. The number of hydrogen-bond donors (Lipinski definition) is 1. The second kappa shape index (κ2) is 7.56. The van der Waals surface area contributed by atoms with Gasteiger partial charge in [0.05, 0.1) is 0 Å². The van der Waals surface area contributed by atoms with Crippen LogP contribution in [0.4, 0.5) is 0 Å². The summed E-state index contributed by atoms with van der Waals surface area (Å²) in [6.07, 6.45) is 6.90. The molecule has 104 valence electrons. The van der Waals surface area contributed by atoms with E-state index in [4.69, 9.17) is 0 Å². The van der Waals surface area contributed by atoms with E-state index in [1.807, 2.05) is 19.9 Å². The van der Waals surface area contributed by atoms with Crippen LogP contribution >= 0.6 is 0 Å². The van der Waals surface area contributed by atoms with Gasteiger partial charge in [0.1, 0.15) is 0 Å². The molecule has 1 aromatic heterocycles. The number of aromatic nitrogens is 2. The fraction of sp³-hybridized carbons (Fsp3) is 0.294. The van der Waals surface area contributed by atoms with E-state index in [1.54, 1.807) is 12.4 Å². The molecule has 0 spiro atoms. The van der Waals surface area contributed by atoms with Crippen LogP contribution in [-0.2, 0) is 0 Å². The van der Waals surface area contributed by atoms with Crippen LogP contribution in [0.5, 0.6) is 0 Å². The minimum Gasteiger partial charge on any atom is -0.313 e. The highest BCUT2D eigenvalue weighted by molar-refractivity contribution is 5.69. The molecule has 1 N–H and O–H groups in total. The third-order valence-corrected chi connectivity index (χ3v) is 3.14. The van der Waals surface area contributed by atoms with E-state index in [0.717, 1.165) is 30.9 Å². The van der Waals surface area contributed by atoms with Crippen LogP contribution in [0.1, 0.15) is 25.8 Å². The number of nitrogens with zero attached hydrogens (tertiary/aromatic N) is 2. The average molecular weight is 267 g/mol. The number of nitrogens with one attached hydrogen (secondary N) is 1. The minimum absolute atomic E-state index is 0.781. The largest absolute Gasteiger partial charge is 0.313 e. The van der Waals surface area contributed by atoms with Gasteiger partial charge in [0.25, 0.3) is 0 Å². The van der Waals surface area contributed by atoms with Crippen molar-refractivity contribution in [1.29, 1.82) is 0 Å². The highest BCUT2D eigenvalue weighted by Crippen LogP contribution is 2.22. The van der Waals surface area contributed by atoms with Crippen molar-refractivity contribution in [3.63, 3.8) is 0 Å².